The van der Waals surface area contributed by atoms with Gasteiger partial charge in [0.25, 0.3) is 0 Å². The van der Waals surface area contributed by atoms with E-state index in [1.165, 1.54) is 31.4 Å². The van der Waals surface area contributed by atoms with Gasteiger partial charge in [-0.2, -0.15) is 0 Å². The zero-order valence-corrected chi connectivity index (χ0v) is 11.9. The molecule has 2 heteroatoms. The van der Waals surface area contributed by atoms with Gasteiger partial charge in [0.2, 0.25) is 0 Å². The number of unbranched alkanes of at least 4 members (excludes halogenated alkanes) is 2. The van der Waals surface area contributed by atoms with E-state index in [9.17, 15) is 0 Å². The Bertz CT molecular complexity index is 291. The molecule has 0 heterocycles. The third-order valence-corrected chi connectivity index (χ3v) is 3.30. The number of halogens is 1. The van der Waals surface area contributed by atoms with Crippen molar-refractivity contribution in [1.29, 1.82) is 0 Å². The van der Waals surface area contributed by atoms with E-state index in [0.29, 0.717) is 0 Å². The van der Waals surface area contributed by atoms with Crippen LogP contribution in [0, 0.1) is 6.07 Å². The van der Waals surface area contributed by atoms with Crippen molar-refractivity contribution >= 4 is 21.6 Å². The zero-order chi connectivity index (χ0) is 11.8. The first kappa shape index (κ1) is 13.6. The molecule has 1 aromatic carbocycles. The van der Waals surface area contributed by atoms with Crippen molar-refractivity contribution in [3.05, 3.63) is 28.7 Å². The first-order chi connectivity index (χ1) is 7.79. The Morgan fingerprint density at radius 1 is 1.19 bits per heavy atom. The number of nitrogens with zero attached hydrogens (tertiary/aromatic N) is 1. The van der Waals surface area contributed by atoms with E-state index in [1.807, 2.05) is 12.1 Å². The minimum absolute atomic E-state index is 1.13. The molecule has 0 bridgehead atoms. The largest absolute Gasteiger partial charge is 0.370 e. The van der Waals surface area contributed by atoms with Crippen LogP contribution >= 0.6 is 15.9 Å². The average molecular weight is 283 g/mol. The first-order valence-corrected chi connectivity index (χ1v) is 7.00. The smallest absolute Gasteiger partial charge is 0.0591 e. The number of benzene rings is 1. The molecule has 0 saturated carbocycles. The minimum Gasteiger partial charge on any atom is -0.370 e. The molecule has 0 aromatic heterocycles. The summed E-state index contributed by atoms with van der Waals surface area (Å²) in [5, 5.41) is 0. The van der Waals surface area contributed by atoms with Crippen LogP contribution in [0.5, 0.6) is 0 Å². The van der Waals surface area contributed by atoms with Crippen molar-refractivity contribution in [3.8, 4) is 0 Å². The maximum atomic E-state index is 3.61. The summed E-state index contributed by atoms with van der Waals surface area (Å²) >= 11 is 3.61. The fraction of sp³-hybridized carbons (Fsp3) is 0.571. The number of hydrogen-bond acceptors (Lipinski definition) is 1. The van der Waals surface area contributed by atoms with E-state index >= 15 is 0 Å². The maximum Gasteiger partial charge on any atom is 0.0591 e. The average Bonchev–Trinajstić information content (AvgIpc) is 2.31. The zero-order valence-electron chi connectivity index (χ0n) is 10.3. The van der Waals surface area contributed by atoms with Gasteiger partial charge in [-0.25, -0.2) is 0 Å². The topological polar surface area (TPSA) is 3.24 Å². The highest BCUT2D eigenvalue weighted by Gasteiger charge is 2.08. The van der Waals surface area contributed by atoms with E-state index in [2.05, 4.69) is 46.8 Å². The highest BCUT2D eigenvalue weighted by atomic mass is 79.9. The fourth-order valence-electron chi connectivity index (χ4n) is 1.68. The summed E-state index contributed by atoms with van der Waals surface area (Å²) in [7, 11) is 0. The molecule has 16 heavy (non-hydrogen) atoms. The van der Waals surface area contributed by atoms with Crippen LogP contribution in [-0.4, -0.2) is 13.1 Å². The lowest BCUT2D eigenvalue weighted by molar-refractivity contribution is 0.677. The second-order valence-electron chi connectivity index (χ2n) is 4.06. The number of rotatable bonds is 7. The molecule has 0 aliphatic heterocycles. The number of para-hydroxylation sites is 1. The molecule has 0 amide bonds. The number of anilines is 1. The lowest BCUT2D eigenvalue weighted by atomic mass is 10.2. The van der Waals surface area contributed by atoms with Gasteiger partial charge in [-0.1, -0.05) is 38.8 Å². The fourth-order valence-corrected chi connectivity index (χ4v) is 2.20. The van der Waals surface area contributed by atoms with E-state index in [1.54, 1.807) is 0 Å². The molecule has 0 fully saturated rings. The van der Waals surface area contributed by atoms with Crippen LogP contribution in [0.15, 0.2) is 22.7 Å². The van der Waals surface area contributed by atoms with Crippen LogP contribution in [-0.2, 0) is 0 Å². The monoisotopic (exact) mass is 282 g/mol. The third-order valence-electron chi connectivity index (χ3n) is 2.66. The first-order valence-electron chi connectivity index (χ1n) is 6.20. The molecule has 0 aliphatic rings. The summed E-state index contributed by atoms with van der Waals surface area (Å²) in [4.78, 5) is 2.44. The molecule has 1 nitrogen and oxygen atoms in total. The Morgan fingerprint density at radius 3 is 2.31 bits per heavy atom. The van der Waals surface area contributed by atoms with Gasteiger partial charge >= 0.3 is 0 Å². The van der Waals surface area contributed by atoms with E-state index in [0.717, 1.165) is 17.6 Å². The Morgan fingerprint density at radius 2 is 1.81 bits per heavy atom. The summed E-state index contributed by atoms with van der Waals surface area (Å²) in [6.07, 6.45) is 4.98. The van der Waals surface area contributed by atoms with Crippen molar-refractivity contribution in [2.45, 2.75) is 39.5 Å². The predicted molar refractivity (Wildman–Crippen MR) is 75.0 cm³/mol. The molecule has 0 atom stereocenters. The molecule has 0 saturated heterocycles. The van der Waals surface area contributed by atoms with Gasteiger partial charge in [0.05, 0.1) is 5.69 Å². The molecule has 89 valence electrons. The Balaban J connectivity index is 2.70. The van der Waals surface area contributed by atoms with Gasteiger partial charge in [-0.05, 0) is 34.8 Å². The molecule has 0 N–H and O–H groups in total. The Hall–Kier alpha value is -0.500. The molecular weight excluding hydrogens is 262 g/mol. The van der Waals surface area contributed by atoms with E-state index < -0.39 is 0 Å². The van der Waals surface area contributed by atoms with Gasteiger partial charge in [0, 0.05) is 23.6 Å². The second kappa shape index (κ2) is 7.72. The third kappa shape index (κ3) is 4.17. The van der Waals surface area contributed by atoms with Gasteiger partial charge in [0.15, 0.2) is 0 Å². The van der Waals surface area contributed by atoms with Crippen molar-refractivity contribution < 1.29 is 0 Å². The maximum absolute atomic E-state index is 3.61. The minimum atomic E-state index is 1.13. The summed E-state index contributed by atoms with van der Waals surface area (Å²) in [5.74, 6) is 0. The van der Waals surface area contributed by atoms with E-state index in [-0.39, 0.29) is 0 Å². The van der Waals surface area contributed by atoms with Gasteiger partial charge < -0.3 is 4.90 Å². The van der Waals surface area contributed by atoms with Gasteiger partial charge in [0.1, 0.15) is 0 Å². The highest BCUT2D eigenvalue weighted by Crippen LogP contribution is 2.25. The quantitative estimate of drug-likeness (QED) is 0.703. The summed E-state index contributed by atoms with van der Waals surface area (Å²) < 4.78 is 1.15. The summed E-state index contributed by atoms with van der Waals surface area (Å²) in [5.41, 5.74) is 1.21. The van der Waals surface area contributed by atoms with Crippen molar-refractivity contribution in [2.24, 2.45) is 0 Å². The Labute approximate surface area is 108 Å². The molecule has 0 spiro atoms. The molecule has 1 rings (SSSR count). The van der Waals surface area contributed by atoms with Crippen LogP contribution in [0.2, 0.25) is 0 Å². The van der Waals surface area contributed by atoms with Crippen molar-refractivity contribution in [3.63, 3.8) is 0 Å². The van der Waals surface area contributed by atoms with Crippen LogP contribution in [0.4, 0.5) is 5.69 Å². The molecule has 0 unspecified atom stereocenters. The lowest BCUT2D eigenvalue weighted by Gasteiger charge is -2.25. The lowest BCUT2D eigenvalue weighted by Crippen LogP contribution is -2.25. The van der Waals surface area contributed by atoms with Crippen LogP contribution in [0.25, 0.3) is 0 Å². The molecule has 0 aliphatic carbocycles. The van der Waals surface area contributed by atoms with Crippen LogP contribution in [0.1, 0.15) is 39.5 Å². The SMILES string of the molecule is CCCCN(CCCC)c1[c]cccc1Br. The standard InChI is InChI=1S/C14H21BrN/c1-3-5-11-16(12-6-4-2)14-10-8-7-9-13(14)15/h7-9H,3-6,11-12H2,1-2H3. The van der Waals surface area contributed by atoms with Gasteiger partial charge in [-0.15, -0.1) is 0 Å². The molecule has 1 aromatic rings. The molecule has 1 radical (unpaired) electrons. The van der Waals surface area contributed by atoms with Crippen LogP contribution in [0.3, 0.4) is 0 Å². The second-order valence-corrected chi connectivity index (χ2v) is 4.92. The Kier molecular flexibility index (Phi) is 6.55. The summed E-state index contributed by atoms with van der Waals surface area (Å²) in [6.45, 7) is 6.74. The predicted octanol–water partition coefficient (Wildman–Crippen LogP) is 4.66. The number of hydrogen-bond donors (Lipinski definition) is 0. The van der Waals surface area contributed by atoms with E-state index in [4.69, 9.17) is 0 Å². The molecular formula is C14H21BrN. The van der Waals surface area contributed by atoms with Gasteiger partial charge in [-0.3, -0.25) is 0 Å². The normalized spacial score (nSPS) is 10.4. The van der Waals surface area contributed by atoms with Crippen molar-refractivity contribution in [1.82, 2.24) is 0 Å². The van der Waals surface area contributed by atoms with Crippen molar-refractivity contribution in [2.75, 3.05) is 18.0 Å². The summed E-state index contributed by atoms with van der Waals surface area (Å²) in [6, 6.07) is 9.44. The van der Waals surface area contributed by atoms with Crippen LogP contribution < -0.4 is 4.90 Å². The highest BCUT2D eigenvalue weighted by molar-refractivity contribution is 9.10.